The lowest BCUT2D eigenvalue weighted by molar-refractivity contribution is -0.137. The molecule has 0 spiro atoms. The van der Waals surface area contributed by atoms with Crippen molar-refractivity contribution in [1.82, 2.24) is 21.2 Å². The fraction of sp³-hybridized carbons (Fsp3) is 0.333. The zero-order valence-electron chi connectivity index (χ0n) is 17.6. The van der Waals surface area contributed by atoms with Crippen molar-refractivity contribution in [2.24, 2.45) is 5.92 Å². The van der Waals surface area contributed by atoms with Gasteiger partial charge in [-0.2, -0.15) is 13.2 Å². The number of carbonyl (C=O) groups excluding carboxylic acids is 3. The largest absolute Gasteiger partial charge is 0.417 e. The van der Waals surface area contributed by atoms with Gasteiger partial charge in [-0.3, -0.25) is 25.2 Å². The molecule has 34 heavy (non-hydrogen) atoms. The second kappa shape index (κ2) is 10.9. The molecule has 2 heterocycles. The number of nitrogens with one attached hydrogen (secondary N) is 3. The van der Waals surface area contributed by atoms with E-state index in [0.717, 1.165) is 12.3 Å². The summed E-state index contributed by atoms with van der Waals surface area (Å²) in [7, 11) is 0. The predicted octanol–water partition coefficient (Wildman–Crippen LogP) is 3.20. The summed E-state index contributed by atoms with van der Waals surface area (Å²) >= 11 is 11.7. The summed E-state index contributed by atoms with van der Waals surface area (Å²) in [5.41, 5.74) is 3.96. The molecule has 1 fully saturated rings. The molecule has 13 heteroatoms. The number of pyridine rings is 1. The Hall–Kier alpha value is -3.05. The second-order valence-corrected chi connectivity index (χ2v) is 8.36. The standard InChI is InChI=1S/C21H20Cl2F3N5O3/c22-15-3-1-12(2-4-15)19(33)28-11-17(32)29-30-20(34)13-5-7-31(8-6-13)18-16(23)9-14(10-27-18)21(24,25)26/h1-4,9-10,13H,5-8,11H2,(H,28,33)(H,29,32)(H,30,34). The third-order valence-corrected chi connectivity index (χ3v) is 5.69. The van der Waals surface area contributed by atoms with Crippen molar-refractivity contribution in [3.63, 3.8) is 0 Å². The zero-order chi connectivity index (χ0) is 24.9. The number of alkyl halides is 3. The first-order valence-corrected chi connectivity index (χ1v) is 10.9. The van der Waals surface area contributed by atoms with E-state index in [9.17, 15) is 27.6 Å². The monoisotopic (exact) mass is 517 g/mol. The van der Waals surface area contributed by atoms with E-state index in [4.69, 9.17) is 23.2 Å². The fourth-order valence-corrected chi connectivity index (χ4v) is 3.73. The minimum atomic E-state index is -4.54. The molecule has 0 aliphatic carbocycles. The lowest BCUT2D eigenvalue weighted by Crippen LogP contribution is -2.50. The first-order chi connectivity index (χ1) is 16.0. The molecule has 3 rings (SSSR count). The Bertz CT molecular complexity index is 1060. The van der Waals surface area contributed by atoms with Gasteiger partial charge in [0.25, 0.3) is 11.8 Å². The molecular formula is C21H20Cl2F3N5O3. The molecule has 0 bridgehead atoms. The topological polar surface area (TPSA) is 103 Å². The number of anilines is 1. The van der Waals surface area contributed by atoms with Gasteiger partial charge in [0.15, 0.2) is 0 Å². The van der Waals surface area contributed by atoms with Gasteiger partial charge in [0.1, 0.15) is 5.82 Å². The van der Waals surface area contributed by atoms with Crippen molar-refractivity contribution in [3.05, 3.63) is 57.7 Å². The van der Waals surface area contributed by atoms with Crippen LogP contribution in [0.15, 0.2) is 36.5 Å². The SMILES string of the molecule is O=C(CNC(=O)c1ccc(Cl)cc1)NNC(=O)C1CCN(c2ncc(C(F)(F)F)cc2Cl)CC1. The maximum Gasteiger partial charge on any atom is 0.417 e. The summed E-state index contributed by atoms with van der Waals surface area (Å²) in [5, 5.41) is 2.78. The molecule has 3 amide bonds. The van der Waals surface area contributed by atoms with Crippen LogP contribution in [0.25, 0.3) is 0 Å². The minimum absolute atomic E-state index is 0.120. The molecule has 1 aromatic heterocycles. The molecule has 0 saturated carbocycles. The average molecular weight is 518 g/mol. The molecule has 3 N–H and O–H groups in total. The number of rotatable bonds is 5. The summed E-state index contributed by atoms with van der Waals surface area (Å²) in [5.74, 6) is -1.70. The van der Waals surface area contributed by atoms with Crippen molar-refractivity contribution >= 4 is 46.7 Å². The van der Waals surface area contributed by atoms with Crippen molar-refractivity contribution < 1.29 is 27.6 Å². The number of aromatic nitrogens is 1. The number of hydrogen-bond donors (Lipinski definition) is 3. The van der Waals surface area contributed by atoms with Crippen LogP contribution < -0.4 is 21.1 Å². The van der Waals surface area contributed by atoms with Crippen LogP contribution in [-0.2, 0) is 15.8 Å². The molecule has 0 radical (unpaired) electrons. The Morgan fingerprint density at radius 2 is 1.71 bits per heavy atom. The molecule has 2 aromatic rings. The van der Waals surface area contributed by atoms with Gasteiger partial charge >= 0.3 is 6.18 Å². The van der Waals surface area contributed by atoms with Gasteiger partial charge in [0.05, 0.1) is 17.1 Å². The Balaban J connectivity index is 1.42. The highest BCUT2D eigenvalue weighted by Crippen LogP contribution is 2.34. The van der Waals surface area contributed by atoms with Crippen LogP contribution in [0.2, 0.25) is 10.0 Å². The lowest BCUT2D eigenvalue weighted by Gasteiger charge is -2.32. The Morgan fingerprint density at radius 3 is 2.29 bits per heavy atom. The van der Waals surface area contributed by atoms with Crippen LogP contribution in [0.3, 0.4) is 0 Å². The number of hydrogen-bond acceptors (Lipinski definition) is 5. The van der Waals surface area contributed by atoms with Crippen LogP contribution in [-0.4, -0.2) is 42.3 Å². The Morgan fingerprint density at radius 1 is 1.06 bits per heavy atom. The predicted molar refractivity (Wildman–Crippen MR) is 119 cm³/mol. The van der Waals surface area contributed by atoms with Crippen LogP contribution in [0.5, 0.6) is 0 Å². The average Bonchev–Trinajstić information content (AvgIpc) is 2.81. The fourth-order valence-electron chi connectivity index (χ4n) is 3.31. The number of nitrogens with zero attached hydrogens (tertiary/aromatic N) is 2. The molecule has 182 valence electrons. The van der Waals surface area contributed by atoms with Crippen molar-refractivity contribution in [2.75, 3.05) is 24.5 Å². The highest BCUT2D eigenvalue weighted by molar-refractivity contribution is 6.33. The highest BCUT2D eigenvalue weighted by atomic mass is 35.5. The van der Waals surface area contributed by atoms with E-state index in [2.05, 4.69) is 21.2 Å². The van der Waals surface area contributed by atoms with Crippen molar-refractivity contribution in [1.29, 1.82) is 0 Å². The lowest BCUT2D eigenvalue weighted by atomic mass is 9.96. The van der Waals surface area contributed by atoms with Gasteiger partial charge in [0.2, 0.25) is 5.91 Å². The Kier molecular flexibility index (Phi) is 8.21. The van der Waals surface area contributed by atoms with Gasteiger partial charge in [-0.05, 0) is 43.2 Å². The number of benzene rings is 1. The quantitative estimate of drug-likeness (QED) is 0.528. The maximum absolute atomic E-state index is 12.8. The van der Waals surface area contributed by atoms with Crippen LogP contribution >= 0.6 is 23.2 Å². The molecule has 1 aliphatic rings. The maximum atomic E-state index is 12.8. The molecule has 0 atom stereocenters. The molecule has 8 nitrogen and oxygen atoms in total. The molecule has 1 aromatic carbocycles. The van der Waals surface area contributed by atoms with Gasteiger partial charge in [0, 0.05) is 35.8 Å². The van der Waals surface area contributed by atoms with E-state index >= 15 is 0 Å². The first kappa shape index (κ1) is 25.6. The third-order valence-electron chi connectivity index (χ3n) is 5.16. The summed E-state index contributed by atoms with van der Waals surface area (Å²) in [6.07, 6.45) is -3.05. The van der Waals surface area contributed by atoms with Crippen molar-refractivity contribution in [2.45, 2.75) is 19.0 Å². The van der Waals surface area contributed by atoms with Gasteiger partial charge in [-0.1, -0.05) is 23.2 Å². The zero-order valence-corrected chi connectivity index (χ0v) is 19.1. The number of amides is 3. The van der Waals surface area contributed by atoms with Crippen molar-refractivity contribution in [3.8, 4) is 0 Å². The van der Waals surface area contributed by atoms with Crippen LogP contribution in [0, 0.1) is 5.92 Å². The molecule has 1 saturated heterocycles. The van der Waals surface area contributed by atoms with Gasteiger partial charge in [-0.25, -0.2) is 4.98 Å². The van der Waals surface area contributed by atoms with Gasteiger partial charge in [-0.15, -0.1) is 0 Å². The first-order valence-electron chi connectivity index (χ1n) is 10.1. The third kappa shape index (κ3) is 6.73. The summed E-state index contributed by atoms with van der Waals surface area (Å²) in [6, 6.07) is 6.94. The normalized spacial score (nSPS) is 14.4. The number of piperidine rings is 1. The summed E-state index contributed by atoms with van der Waals surface area (Å²) < 4.78 is 38.3. The Labute approximate surface area is 202 Å². The second-order valence-electron chi connectivity index (χ2n) is 7.52. The van der Waals surface area contributed by atoms with Crippen LogP contribution in [0.1, 0.15) is 28.8 Å². The molecular weight excluding hydrogens is 498 g/mol. The number of halogens is 5. The number of hydrazine groups is 1. The van der Waals surface area contributed by atoms with E-state index < -0.39 is 35.4 Å². The summed E-state index contributed by atoms with van der Waals surface area (Å²) in [6.45, 7) is 0.348. The smallest absolute Gasteiger partial charge is 0.355 e. The molecule has 0 unspecified atom stereocenters. The van der Waals surface area contributed by atoms with E-state index in [1.807, 2.05) is 0 Å². The molecule has 1 aliphatic heterocycles. The van der Waals surface area contributed by atoms with E-state index in [1.54, 1.807) is 17.0 Å². The van der Waals surface area contributed by atoms with E-state index in [-0.39, 0.29) is 17.4 Å². The van der Waals surface area contributed by atoms with E-state index in [0.29, 0.717) is 36.5 Å². The summed E-state index contributed by atoms with van der Waals surface area (Å²) in [4.78, 5) is 41.8. The van der Waals surface area contributed by atoms with E-state index in [1.165, 1.54) is 12.1 Å². The number of carbonyl (C=O) groups is 3. The van der Waals surface area contributed by atoms with Gasteiger partial charge < -0.3 is 10.2 Å². The van der Waals surface area contributed by atoms with Crippen LogP contribution in [0.4, 0.5) is 19.0 Å². The minimum Gasteiger partial charge on any atom is -0.355 e. The highest BCUT2D eigenvalue weighted by Gasteiger charge is 2.33.